The van der Waals surface area contributed by atoms with Crippen LogP contribution in [0.4, 0.5) is 0 Å². The minimum Gasteiger partial charge on any atom is -0.493 e. The summed E-state index contributed by atoms with van der Waals surface area (Å²) in [4.78, 5) is 11.9. The lowest BCUT2D eigenvalue weighted by molar-refractivity contribution is 0.0912. The smallest absolute Gasteiger partial charge is 0.289 e. The van der Waals surface area contributed by atoms with E-state index in [4.69, 9.17) is 14.0 Å². The van der Waals surface area contributed by atoms with Gasteiger partial charge in [0.15, 0.2) is 11.5 Å². The second kappa shape index (κ2) is 6.98. The highest BCUT2D eigenvalue weighted by molar-refractivity contribution is 5.92. The molecule has 118 valence electrons. The SMILES string of the molecule is COc1ccc(-c2cc(C(=O)NCC(C)C)on2)cc1OC. The predicted molar refractivity (Wildman–Crippen MR) is 82.2 cm³/mol. The maximum absolute atomic E-state index is 11.9. The second-order valence-electron chi connectivity index (χ2n) is 5.25. The number of carbonyl (C=O) groups is 1. The zero-order chi connectivity index (χ0) is 16.1. The predicted octanol–water partition coefficient (Wildman–Crippen LogP) is 2.74. The maximum Gasteiger partial charge on any atom is 0.289 e. The van der Waals surface area contributed by atoms with Gasteiger partial charge < -0.3 is 19.3 Å². The number of rotatable bonds is 6. The molecular weight excluding hydrogens is 284 g/mol. The quantitative estimate of drug-likeness (QED) is 0.888. The van der Waals surface area contributed by atoms with E-state index in [2.05, 4.69) is 10.5 Å². The van der Waals surface area contributed by atoms with Crippen LogP contribution in [0.2, 0.25) is 0 Å². The molecule has 2 aromatic rings. The number of nitrogens with zero attached hydrogens (tertiary/aromatic N) is 1. The Hall–Kier alpha value is -2.50. The van der Waals surface area contributed by atoms with Crippen LogP contribution in [0, 0.1) is 5.92 Å². The number of hydrogen-bond donors (Lipinski definition) is 1. The van der Waals surface area contributed by atoms with Crippen molar-refractivity contribution in [2.24, 2.45) is 5.92 Å². The number of carbonyl (C=O) groups excluding carboxylic acids is 1. The van der Waals surface area contributed by atoms with Crippen LogP contribution in [0.5, 0.6) is 11.5 Å². The molecule has 0 atom stereocenters. The third-order valence-electron chi connectivity index (χ3n) is 3.08. The van der Waals surface area contributed by atoms with Crippen molar-refractivity contribution in [1.82, 2.24) is 10.5 Å². The monoisotopic (exact) mass is 304 g/mol. The highest BCUT2D eigenvalue weighted by atomic mass is 16.5. The van der Waals surface area contributed by atoms with Crippen molar-refractivity contribution in [3.8, 4) is 22.8 Å². The van der Waals surface area contributed by atoms with E-state index in [0.29, 0.717) is 29.7 Å². The van der Waals surface area contributed by atoms with Crippen molar-refractivity contribution >= 4 is 5.91 Å². The van der Waals surface area contributed by atoms with Gasteiger partial charge in [-0.05, 0) is 24.1 Å². The van der Waals surface area contributed by atoms with Crippen LogP contribution >= 0.6 is 0 Å². The molecule has 6 heteroatoms. The Labute approximate surface area is 129 Å². The van der Waals surface area contributed by atoms with Crippen LogP contribution in [-0.4, -0.2) is 31.8 Å². The molecule has 0 radical (unpaired) electrons. The lowest BCUT2D eigenvalue weighted by Gasteiger charge is -2.07. The van der Waals surface area contributed by atoms with Crippen molar-refractivity contribution in [3.63, 3.8) is 0 Å². The van der Waals surface area contributed by atoms with Crippen LogP contribution in [0.1, 0.15) is 24.4 Å². The van der Waals surface area contributed by atoms with Crippen molar-refractivity contribution in [3.05, 3.63) is 30.0 Å². The average Bonchev–Trinajstić information content (AvgIpc) is 3.01. The fourth-order valence-electron chi connectivity index (χ4n) is 1.90. The van der Waals surface area contributed by atoms with E-state index in [1.165, 1.54) is 0 Å². The molecule has 1 N–H and O–H groups in total. The highest BCUT2D eigenvalue weighted by Gasteiger charge is 2.15. The number of aromatic nitrogens is 1. The summed E-state index contributed by atoms with van der Waals surface area (Å²) in [6, 6.07) is 7.00. The van der Waals surface area contributed by atoms with Gasteiger partial charge in [0.2, 0.25) is 5.76 Å². The molecule has 0 aliphatic rings. The Morgan fingerprint density at radius 2 is 1.95 bits per heavy atom. The Morgan fingerprint density at radius 1 is 1.23 bits per heavy atom. The summed E-state index contributed by atoms with van der Waals surface area (Å²) in [5.41, 5.74) is 1.35. The van der Waals surface area contributed by atoms with Gasteiger partial charge in [0.05, 0.1) is 14.2 Å². The molecule has 1 amide bonds. The van der Waals surface area contributed by atoms with Gasteiger partial charge in [-0.1, -0.05) is 19.0 Å². The van der Waals surface area contributed by atoms with Gasteiger partial charge in [0.25, 0.3) is 5.91 Å². The largest absolute Gasteiger partial charge is 0.493 e. The Bertz CT molecular complexity index is 649. The lowest BCUT2D eigenvalue weighted by atomic mass is 10.1. The minimum atomic E-state index is -0.270. The Kier molecular flexibility index (Phi) is 5.04. The summed E-state index contributed by atoms with van der Waals surface area (Å²) in [5.74, 6) is 1.51. The van der Waals surface area contributed by atoms with Crippen LogP contribution in [0.15, 0.2) is 28.8 Å². The Balaban J connectivity index is 2.19. The number of amides is 1. The van der Waals surface area contributed by atoms with E-state index in [9.17, 15) is 4.79 Å². The van der Waals surface area contributed by atoms with Crippen LogP contribution in [0.3, 0.4) is 0 Å². The molecule has 6 nitrogen and oxygen atoms in total. The number of hydrogen-bond acceptors (Lipinski definition) is 5. The van der Waals surface area contributed by atoms with Crippen LogP contribution in [-0.2, 0) is 0 Å². The molecule has 0 fully saturated rings. The minimum absolute atomic E-state index is 0.186. The zero-order valence-electron chi connectivity index (χ0n) is 13.2. The first-order valence-electron chi connectivity index (χ1n) is 7.02. The van der Waals surface area contributed by atoms with Crippen molar-refractivity contribution in [2.45, 2.75) is 13.8 Å². The highest BCUT2D eigenvalue weighted by Crippen LogP contribution is 2.31. The molecular formula is C16H20N2O4. The molecule has 0 bridgehead atoms. The first kappa shape index (κ1) is 15.9. The summed E-state index contributed by atoms with van der Waals surface area (Å²) < 4.78 is 15.6. The fraction of sp³-hybridized carbons (Fsp3) is 0.375. The molecule has 0 aliphatic carbocycles. The van der Waals surface area contributed by atoms with Crippen molar-refractivity contribution in [1.29, 1.82) is 0 Å². The summed E-state index contributed by atoms with van der Waals surface area (Å²) in [7, 11) is 3.14. The van der Waals surface area contributed by atoms with Crippen molar-refractivity contribution in [2.75, 3.05) is 20.8 Å². The molecule has 1 heterocycles. The number of benzene rings is 1. The Morgan fingerprint density at radius 3 is 2.59 bits per heavy atom. The van der Waals surface area contributed by atoms with Gasteiger partial charge >= 0.3 is 0 Å². The molecule has 0 unspecified atom stereocenters. The van der Waals surface area contributed by atoms with Gasteiger partial charge in [0, 0.05) is 18.2 Å². The van der Waals surface area contributed by atoms with E-state index in [1.807, 2.05) is 19.9 Å². The first-order valence-corrected chi connectivity index (χ1v) is 7.02. The van der Waals surface area contributed by atoms with Gasteiger partial charge in [-0.2, -0.15) is 0 Å². The van der Waals surface area contributed by atoms with Gasteiger partial charge in [-0.15, -0.1) is 0 Å². The number of methoxy groups -OCH3 is 2. The number of nitrogens with one attached hydrogen (secondary N) is 1. The number of ether oxygens (including phenoxy) is 2. The zero-order valence-corrected chi connectivity index (χ0v) is 13.2. The normalized spacial score (nSPS) is 10.6. The third-order valence-corrected chi connectivity index (χ3v) is 3.08. The standard InChI is InChI=1S/C16H20N2O4/c1-10(2)9-17-16(19)15-8-12(18-22-15)11-5-6-13(20-3)14(7-11)21-4/h5-8,10H,9H2,1-4H3,(H,17,19). The van der Waals surface area contributed by atoms with Gasteiger partial charge in [-0.25, -0.2) is 0 Å². The fourth-order valence-corrected chi connectivity index (χ4v) is 1.90. The topological polar surface area (TPSA) is 73.6 Å². The van der Waals surface area contributed by atoms with E-state index >= 15 is 0 Å². The van der Waals surface area contributed by atoms with Crippen LogP contribution < -0.4 is 14.8 Å². The summed E-state index contributed by atoms with van der Waals surface area (Å²) in [6.45, 7) is 4.64. The second-order valence-corrected chi connectivity index (χ2v) is 5.25. The molecule has 0 saturated heterocycles. The lowest BCUT2D eigenvalue weighted by Crippen LogP contribution is -2.26. The molecule has 1 aromatic heterocycles. The molecule has 0 saturated carbocycles. The van der Waals surface area contributed by atoms with Crippen molar-refractivity contribution < 1.29 is 18.8 Å². The van der Waals surface area contributed by atoms with E-state index < -0.39 is 0 Å². The van der Waals surface area contributed by atoms with E-state index in [0.717, 1.165) is 5.56 Å². The maximum atomic E-state index is 11.9. The average molecular weight is 304 g/mol. The summed E-state index contributed by atoms with van der Waals surface area (Å²) in [5, 5.41) is 6.72. The molecule has 2 rings (SSSR count). The van der Waals surface area contributed by atoms with Gasteiger partial charge in [0.1, 0.15) is 5.69 Å². The third kappa shape index (κ3) is 3.58. The molecule has 1 aromatic carbocycles. The van der Waals surface area contributed by atoms with E-state index in [-0.39, 0.29) is 11.7 Å². The summed E-state index contributed by atoms with van der Waals surface area (Å²) >= 11 is 0. The molecule has 22 heavy (non-hydrogen) atoms. The molecule has 0 spiro atoms. The summed E-state index contributed by atoms with van der Waals surface area (Å²) in [6.07, 6.45) is 0. The van der Waals surface area contributed by atoms with E-state index in [1.54, 1.807) is 32.4 Å². The van der Waals surface area contributed by atoms with Crippen LogP contribution in [0.25, 0.3) is 11.3 Å². The first-order chi connectivity index (χ1) is 10.5. The van der Waals surface area contributed by atoms with Gasteiger partial charge in [-0.3, -0.25) is 4.79 Å². The molecule has 0 aliphatic heterocycles.